The second-order valence-corrected chi connectivity index (χ2v) is 6.39. The summed E-state index contributed by atoms with van der Waals surface area (Å²) in [7, 11) is 0. The van der Waals surface area contributed by atoms with E-state index >= 15 is 0 Å². The first kappa shape index (κ1) is 20.5. The molecular weight excluding hydrogens is 359 g/mol. The van der Waals surface area contributed by atoms with Gasteiger partial charge in [0.2, 0.25) is 5.91 Å². The molecule has 0 heterocycles. The lowest BCUT2D eigenvalue weighted by molar-refractivity contribution is -0.140. The second kappa shape index (κ2) is 9.21. The Morgan fingerprint density at radius 1 is 1.04 bits per heavy atom. The van der Waals surface area contributed by atoms with E-state index in [4.69, 9.17) is 5.11 Å². The van der Waals surface area contributed by atoms with E-state index < -0.39 is 29.3 Å². The van der Waals surface area contributed by atoms with Crippen molar-refractivity contribution in [3.63, 3.8) is 0 Å². The minimum atomic E-state index is -1.07. The predicted molar refractivity (Wildman–Crippen MR) is 93.3 cm³/mol. The molecule has 144 valence electrons. The molecule has 0 spiro atoms. The first-order valence-electron chi connectivity index (χ1n) is 8.45. The Hall–Kier alpha value is -2.83. The smallest absolute Gasteiger partial charge is 0.305 e. The summed E-state index contributed by atoms with van der Waals surface area (Å²) in [5, 5.41) is 8.91. The quantitative estimate of drug-likeness (QED) is 0.759. The van der Waals surface area contributed by atoms with Gasteiger partial charge < -0.3 is 10.0 Å². The van der Waals surface area contributed by atoms with Crippen LogP contribution in [0.5, 0.6) is 0 Å². The van der Waals surface area contributed by atoms with Gasteiger partial charge in [0, 0.05) is 19.0 Å². The summed E-state index contributed by atoms with van der Waals surface area (Å²) in [6, 6.07) is 9.17. The van der Waals surface area contributed by atoms with Gasteiger partial charge in [-0.3, -0.25) is 9.59 Å². The number of amides is 1. The summed E-state index contributed by atoms with van der Waals surface area (Å²) >= 11 is 0. The zero-order valence-corrected chi connectivity index (χ0v) is 14.8. The second-order valence-electron chi connectivity index (χ2n) is 6.39. The maximum Gasteiger partial charge on any atom is 0.305 e. The molecule has 2 rings (SSSR count). The number of carboxylic acid groups (broad SMARTS) is 1. The molecule has 0 saturated carbocycles. The molecule has 7 heteroatoms. The van der Waals surface area contributed by atoms with Gasteiger partial charge in [-0.05, 0) is 41.8 Å². The van der Waals surface area contributed by atoms with Crippen molar-refractivity contribution in [2.45, 2.75) is 26.3 Å². The Kier molecular flexibility index (Phi) is 6.98. The fourth-order valence-electron chi connectivity index (χ4n) is 2.77. The van der Waals surface area contributed by atoms with Crippen LogP contribution in [0.25, 0.3) is 0 Å². The minimum absolute atomic E-state index is 0.0448. The molecule has 0 aliphatic rings. The lowest BCUT2D eigenvalue weighted by Crippen LogP contribution is -2.37. The summed E-state index contributed by atoms with van der Waals surface area (Å²) in [6.45, 7) is 1.55. The fourth-order valence-corrected chi connectivity index (χ4v) is 2.77. The highest BCUT2D eigenvalue weighted by Crippen LogP contribution is 2.17. The van der Waals surface area contributed by atoms with Crippen LogP contribution < -0.4 is 0 Å². The van der Waals surface area contributed by atoms with Gasteiger partial charge in [-0.15, -0.1) is 0 Å². The fraction of sp³-hybridized carbons (Fsp3) is 0.300. The maximum atomic E-state index is 13.4. The number of hydrogen-bond donors (Lipinski definition) is 1. The van der Waals surface area contributed by atoms with Gasteiger partial charge in [0.15, 0.2) is 11.6 Å². The van der Waals surface area contributed by atoms with Gasteiger partial charge in [0.05, 0.1) is 6.42 Å². The molecule has 1 N–H and O–H groups in total. The number of nitrogens with zero attached hydrogens (tertiary/aromatic N) is 1. The van der Waals surface area contributed by atoms with Gasteiger partial charge in [-0.1, -0.05) is 25.1 Å². The molecule has 0 aliphatic carbocycles. The van der Waals surface area contributed by atoms with Crippen molar-refractivity contribution < 1.29 is 27.9 Å². The van der Waals surface area contributed by atoms with Crippen LogP contribution in [0.3, 0.4) is 0 Å². The van der Waals surface area contributed by atoms with E-state index in [1.807, 2.05) is 0 Å². The molecule has 0 bridgehead atoms. The molecule has 2 aromatic carbocycles. The van der Waals surface area contributed by atoms with Crippen LogP contribution in [0.2, 0.25) is 0 Å². The lowest BCUT2D eigenvalue weighted by atomic mass is 9.99. The molecular formula is C20H20F3NO3. The van der Waals surface area contributed by atoms with Crippen molar-refractivity contribution in [1.29, 1.82) is 0 Å². The molecule has 0 radical (unpaired) electrons. The first-order valence-corrected chi connectivity index (χ1v) is 8.45. The highest BCUT2D eigenvalue weighted by molar-refractivity contribution is 5.79. The van der Waals surface area contributed by atoms with Crippen molar-refractivity contribution in [2.24, 2.45) is 5.92 Å². The van der Waals surface area contributed by atoms with E-state index in [-0.39, 0.29) is 31.8 Å². The SMILES string of the molecule is CC(Cc1cccc(F)c1)C(=O)N(CCC(=O)O)Cc1ccc(F)c(F)c1. The van der Waals surface area contributed by atoms with Crippen LogP contribution in [0, 0.1) is 23.4 Å². The number of carbonyl (C=O) groups excluding carboxylic acids is 1. The van der Waals surface area contributed by atoms with Crippen molar-refractivity contribution >= 4 is 11.9 Å². The minimum Gasteiger partial charge on any atom is -0.481 e. The first-order chi connectivity index (χ1) is 12.8. The largest absolute Gasteiger partial charge is 0.481 e. The molecule has 0 saturated heterocycles. The molecule has 4 nitrogen and oxygen atoms in total. The normalized spacial score (nSPS) is 11.9. The third-order valence-electron chi connectivity index (χ3n) is 4.12. The highest BCUT2D eigenvalue weighted by atomic mass is 19.2. The Bertz CT molecular complexity index is 826. The van der Waals surface area contributed by atoms with Crippen molar-refractivity contribution in [1.82, 2.24) is 4.90 Å². The molecule has 1 unspecified atom stereocenters. The Morgan fingerprint density at radius 3 is 2.41 bits per heavy atom. The van der Waals surface area contributed by atoms with Crippen LogP contribution >= 0.6 is 0 Å². The topological polar surface area (TPSA) is 57.6 Å². The summed E-state index contributed by atoms with van der Waals surface area (Å²) in [5.74, 6) is -4.39. The van der Waals surface area contributed by atoms with E-state index in [0.29, 0.717) is 11.1 Å². The third kappa shape index (κ3) is 6.13. The number of hydrogen-bond acceptors (Lipinski definition) is 2. The van der Waals surface area contributed by atoms with Gasteiger partial charge in [-0.25, -0.2) is 13.2 Å². The van der Waals surface area contributed by atoms with Crippen LogP contribution in [-0.4, -0.2) is 28.4 Å². The Morgan fingerprint density at radius 2 is 1.78 bits per heavy atom. The molecule has 0 aliphatic heterocycles. The zero-order valence-electron chi connectivity index (χ0n) is 14.8. The van der Waals surface area contributed by atoms with E-state index in [9.17, 15) is 22.8 Å². The van der Waals surface area contributed by atoms with E-state index in [0.717, 1.165) is 12.1 Å². The third-order valence-corrected chi connectivity index (χ3v) is 4.12. The standard InChI is InChI=1S/C20H20F3NO3/c1-13(9-14-3-2-4-16(21)10-14)20(27)24(8-7-19(25)26)12-15-5-6-17(22)18(23)11-15/h2-6,10-11,13H,7-9,12H2,1H3,(H,25,26). The summed E-state index contributed by atoms with van der Waals surface area (Å²) in [4.78, 5) is 25.0. The van der Waals surface area contributed by atoms with Gasteiger partial charge in [-0.2, -0.15) is 0 Å². The molecule has 2 aromatic rings. The van der Waals surface area contributed by atoms with Crippen molar-refractivity contribution in [3.8, 4) is 0 Å². The molecule has 0 aromatic heterocycles. The highest BCUT2D eigenvalue weighted by Gasteiger charge is 2.22. The van der Waals surface area contributed by atoms with Gasteiger partial charge >= 0.3 is 5.97 Å². The van der Waals surface area contributed by atoms with E-state index in [1.54, 1.807) is 19.1 Å². The number of benzene rings is 2. The average Bonchev–Trinajstić information content (AvgIpc) is 2.60. The summed E-state index contributed by atoms with van der Waals surface area (Å²) in [6.07, 6.45) is 0.0000453. The Labute approximate surface area is 155 Å². The number of rotatable bonds is 8. The number of aliphatic carboxylic acids is 1. The monoisotopic (exact) mass is 379 g/mol. The summed E-state index contributed by atoms with van der Waals surface area (Å²) < 4.78 is 39.8. The Balaban J connectivity index is 2.14. The maximum absolute atomic E-state index is 13.4. The van der Waals surface area contributed by atoms with E-state index in [1.165, 1.54) is 23.1 Å². The predicted octanol–water partition coefficient (Wildman–Crippen LogP) is 3.79. The number of carbonyl (C=O) groups is 2. The number of halogens is 3. The molecule has 1 atom stereocenters. The molecule has 0 fully saturated rings. The van der Waals surface area contributed by atoms with Crippen molar-refractivity contribution in [3.05, 3.63) is 71.0 Å². The average molecular weight is 379 g/mol. The summed E-state index contributed by atoms with van der Waals surface area (Å²) in [5.41, 5.74) is 0.993. The van der Waals surface area contributed by atoms with Crippen LogP contribution in [0.4, 0.5) is 13.2 Å². The van der Waals surface area contributed by atoms with Crippen LogP contribution in [0.15, 0.2) is 42.5 Å². The number of carboxylic acids is 1. The van der Waals surface area contributed by atoms with Gasteiger partial charge in [0.1, 0.15) is 5.82 Å². The molecule has 1 amide bonds. The van der Waals surface area contributed by atoms with Crippen LogP contribution in [-0.2, 0) is 22.6 Å². The lowest BCUT2D eigenvalue weighted by Gasteiger charge is -2.25. The van der Waals surface area contributed by atoms with E-state index in [2.05, 4.69) is 0 Å². The zero-order chi connectivity index (χ0) is 20.0. The van der Waals surface area contributed by atoms with Crippen LogP contribution in [0.1, 0.15) is 24.5 Å². The van der Waals surface area contributed by atoms with Crippen molar-refractivity contribution in [2.75, 3.05) is 6.54 Å². The van der Waals surface area contributed by atoms with Gasteiger partial charge in [0.25, 0.3) is 0 Å². The molecule has 27 heavy (non-hydrogen) atoms.